The van der Waals surface area contributed by atoms with E-state index in [4.69, 9.17) is 4.74 Å². The molecule has 0 fully saturated rings. The average Bonchev–Trinajstić information content (AvgIpc) is 3.10. The number of rotatable bonds is 6. The molecule has 8 nitrogen and oxygen atoms in total. The molecule has 8 heteroatoms. The lowest BCUT2D eigenvalue weighted by atomic mass is 10.1. The molecule has 1 heterocycles. The maximum atomic E-state index is 12.4. The summed E-state index contributed by atoms with van der Waals surface area (Å²) in [5.74, 6) is 0.371. The molecule has 0 radical (unpaired) electrons. The fraction of sp³-hybridized carbons (Fsp3) is 0.200. The van der Waals surface area contributed by atoms with Crippen LogP contribution in [0.4, 0.5) is 11.4 Å². The van der Waals surface area contributed by atoms with Gasteiger partial charge in [-0.05, 0) is 50.1 Å². The Labute approximate surface area is 161 Å². The number of nitrogens with one attached hydrogen (secondary N) is 1. The molecule has 0 spiro atoms. The lowest BCUT2D eigenvalue weighted by molar-refractivity contribution is -0.384. The number of aromatic nitrogens is 2. The lowest BCUT2D eigenvalue weighted by Crippen LogP contribution is -2.13. The second-order valence-electron chi connectivity index (χ2n) is 6.41. The molecule has 0 atom stereocenters. The molecule has 0 aliphatic rings. The molecular formula is C20H20N4O4. The molecule has 0 aliphatic heterocycles. The molecule has 1 amide bonds. The van der Waals surface area contributed by atoms with Crippen molar-refractivity contribution in [2.24, 2.45) is 0 Å². The van der Waals surface area contributed by atoms with Gasteiger partial charge < -0.3 is 10.1 Å². The highest BCUT2D eigenvalue weighted by Gasteiger charge is 2.15. The van der Waals surface area contributed by atoms with E-state index in [1.807, 2.05) is 39.0 Å². The summed E-state index contributed by atoms with van der Waals surface area (Å²) >= 11 is 0. The molecule has 144 valence electrons. The van der Waals surface area contributed by atoms with Crippen LogP contribution in [0.5, 0.6) is 11.5 Å². The lowest BCUT2D eigenvalue weighted by Gasteiger charge is -2.10. The summed E-state index contributed by atoms with van der Waals surface area (Å²) in [5, 5.41) is 18.1. The third-order valence-electron chi connectivity index (χ3n) is 3.99. The van der Waals surface area contributed by atoms with Gasteiger partial charge in [-0.25, -0.2) is 0 Å². The number of carbonyl (C=O) groups excluding carboxylic acids is 1. The second kappa shape index (κ2) is 7.91. The van der Waals surface area contributed by atoms with Crippen LogP contribution in [0.3, 0.4) is 0 Å². The first-order valence-electron chi connectivity index (χ1n) is 8.74. The van der Waals surface area contributed by atoms with Gasteiger partial charge >= 0.3 is 0 Å². The van der Waals surface area contributed by atoms with Gasteiger partial charge in [-0.2, -0.15) is 5.10 Å². The van der Waals surface area contributed by atoms with Crippen LogP contribution >= 0.6 is 0 Å². The normalized spacial score (nSPS) is 10.5. The zero-order valence-corrected chi connectivity index (χ0v) is 15.8. The van der Waals surface area contributed by atoms with Crippen molar-refractivity contribution in [1.29, 1.82) is 0 Å². The van der Waals surface area contributed by atoms with E-state index in [1.165, 1.54) is 12.1 Å². The van der Waals surface area contributed by atoms with Crippen LogP contribution in [0.25, 0.3) is 0 Å². The number of carbonyl (C=O) groups is 1. The van der Waals surface area contributed by atoms with E-state index in [-0.39, 0.29) is 22.8 Å². The highest BCUT2D eigenvalue weighted by Crippen LogP contribution is 2.30. The molecule has 0 saturated carbocycles. The van der Waals surface area contributed by atoms with E-state index < -0.39 is 10.8 Å². The SMILES string of the molecule is CCn1ccc(C(=O)Nc2cc(Oc3cc(C)cc(C)c3)cc([N+](=O)[O-])c2)n1. The van der Waals surface area contributed by atoms with Crippen LogP contribution in [0.2, 0.25) is 0 Å². The summed E-state index contributed by atoms with van der Waals surface area (Å²) in [7, 11) is 0. The number of hydrogen-bond donors (Lipinski definition) is 1. The number of nitro benzene ring substituents is 1. The van der Waals surface area contributed by atoms with Crippen LogP contribution < -0.4 is 10.1 Å². The van der Waals surface area contributed by atoms with E-state index in [1.54, 1.807) is 23.0 Å². The highest BCUT2D eigenvalue weighted by atomic mass is 16.6. The quantitative estimate of drug-likeness (QED) is 0.502. The number of hydrogen-bond acceptors (Lipinski definition) is 5. The van der Waals surface area contributed by atoms with Crippen LogP contribution in [0, 0.1) is 24.0 Å². The Morgan fingerprint density at radius 3 is 2.43 bits per heavy atom. The van der Waals surface area contributed by atoms with E-state index in [0.29, 0.717) is 12.3 Å². The molecule has 3 aromatic rings. The molecule has 0 unspecified atom stereocenters. The van der Waals surface area contributed by atoms with Crippen molar-refractivity contribution in [3.05, 3.63) is 75.6 Å². The molecule has 28 heavy (non-hydrogen) atoms. The fourth-order valence-electron chi connectivity index (χ4n) is 2.80. The van der Waals surface area contributed by atoms with Crippen LogP contribution in [0.1, 0.15) is 28.5 Å². The first-order chi connectivity index (χ1) is 13.3. The highest BCUT2D eigenvalue weighted by molar-refractivity contribution is 6.03. The Morgan fingerprint density at radius 1 is 1.14 bits per heavy atom. The Hall–Kier alpha value is -3.68. The zero-order valence-electron chi connectivity index (χ0n) is 15.8. The van der Waals surface area contributed by atoms with Gasteiger partial charge in [0.2, 0.25) is 0 Å². The second-order valence-corrected chi connectivity index (χ2v) is 6.41. The molecule has 0 bridgehead atoms. The van der Waals surface area contributed by atoms with Crippen LogP contribution in [0.15, 0.2) is 48.7 Å². The van der Waals surface area contributed by atoms with Gasteiger partial charge in [0.15, 0.2) is 5.69 Å². The standard InChI is InChI=1S/C20H20N4O4/c1-4-23-6-5-19(22-23)20(25)21-15-10-16(24(26)27)12-18(11-15)28-17-8-13(2)7-14(3)9-17/h5-12H,4H2,1-3H3,(H,21,25). The molecule has 0 aliphatic carbocycles. The maximum Gasteiger partial charge on any atom is 0.276 e. The van der Waals surface area contributed by atoms with Crippen molar-refractivity contribution in [1.82, 2.24) is 9.78 Å². The van der Waals surface area contributed by atoms with Gasteiger partial charge in [-0.1, -0.05) is 6.07 Å². The number of nitrogens with zero attached hydrogens (tertiary/aromatic N) is 3. The fourth-order valence-corrected chi connectivity index (χ4v) is 2.80. The molecular weight excluding hydrogens is 360 g/mol. The van der Waals surface area contributed by atoms with Gasteiger partial charge in [0, 0.05) is 24.9 Å². The molecule has 0 saturated heterocycles. The minimum absolute atomic E-state index is 0.184. The molecule has 1 N–H and O–H groups in total. The largest absolute Gasteiger partial charge is 0.457 e. The molecule has 2 aromatic carbocycles. The number of ether oxygens (including phenoxy) is 1. The van der Waals surface area contributed by atoms with Gasteiger partial charge in [-0.3, -0.25) is 19.6 Å². The van der Waals surface area contributed by atoms with Crippen molar-refractivity contribution >= 4 is 17.3 Å². The third-order valence-corrected chi connectivity index (χ3v) is 3.99. The van der Waals surface area contributed by atoms with Crippen molar-refractivity contribution in [3.63, 3.8) is 0 Å². The minimum atomic E-state index is -0.532. The third kappa shape index (κ3) is 4.53. The average molecular weight is 380 g/mol. The number of nitro groups is 1. The monoisotopic (exact) mass is 380 g/mol. The van der Waals surface area contributed by atoms with Crippen LogP contribution in [-0.2, 0) is 6.54 Å². The first-order valence-corrected chi connectivity index (χ1v) is 8.74. The van der Waals surface area contributed by atoms with Gasteiger partial charge in [0.1, 0.15) is 11.5 Å². The van der Waals surface area contributed by atoms with Gasteiger partial charge in [0.25, 0.3) is 11.6 Å². The number of benzene rings is 2. The topological polar surface area (TPSA) is 99.3 Å². The minimum Gasteiger partial charge on any atom is -0.457 e. The summed E-state index contributed by atoms with van der Waals surface area (Å²) in [4.78, 5) is 23.1. The Kier molecular flexibility index (Phi) is 5.39. The summed E-state index contributed by atoms with van der Waals surface area (Å²) in [6.07, 6.45) is 1.69. The predicted octanol–water partition coefficient (Wildman–Crippen LogP) is 4.47. The van der Waals surface area contributed by atoms with E-state index >= 15 is 0 Å². The van der Waals surface area contributed by atoms with Crippen LogP contribution in [-0.4, -0.2) is 20.6 Å². The first kappa shape index (κ1) is 19.1. The smallest absolute Gasteiger partial charge is 0.276 e. The summed E-state index contributed by atoms with van der Waals surface area (Å²) in [6.45, 7) is 6.42. The van der Waals surface area contributed by atoms with E-state index in [9.17, 15) is 14.9 Å². The predicted molar refractivity (Wildman–Crippen MR) is 105 cm³/mol. The zero-order chi connectivity index (χ0) is 20.3. The number of anilines is 1. The Morgan fingerprint density at radius 2 is 1.82 bits per heavy atom. The van der Waals surface area contributed by atoms with Gasteiger partial charge in [0.05, 0.1) is 16.7 Å². The number of amides is 1. The summed E-state index contributed by atoms with van der Waals surface area (Å²) in [6, 6.07) is 11.4. The molecule has 1 aromatic heterocycles. The number of non-ortho nitro benzene ring substituents is 1. The Bertz CT molecular complexity index is 1020. The van der Waals surface area contributed by atoms with Crippen molar-refractivity contribution in [3.8, 4) is 11.5 Å². The number of aryl methyl sites for hydroxylation is 3. The van der Waals surface area contributed by atoms with E-state index in [0.717, 1.165) is 11.1 Å². The van der Waals surface area contributed by atoms with Crippen molar-refractivity contribution < 1.29 is 14.5 Å². The van der Waals surface area contributed by atoms with Crippen molar-refractivity contribution in [2.45, 2.75) is 27.3 Å². The van der Waals surface area contributed by atoms with Gasteiger partial charge in [-0.15, -0.1) is 0 Å². The Balaban J connectivity index is 1.88. The van der Waals surface area contributed by atoms with Crippen molar-refractivity contribution in [2.75, 3.05) is 5.32 Å². The molecule has 3 rings (SSSR count). The summed E-state index contributed by atoms with van der Waals surface area (Å²) in [5.41, 5.74) is 2.33. The van der Waals surface area contributed by atoms with E-state index in [2.05, 4.69) is 10.4 Å². The maximum absolute atomic E-state index is 12.4. The summed E-state index contributed by atoms with van der Waals surface area (Å²) < 4.78 is 7.43.